The molecule has 0 radical (unpaired) electrons. The Morgan fingerprint density at radius 2 is 2.12 bits per heavy atom. The molecule has 0 spiro atoms. The molecule has 0 atom stereocenters. The van der Waals surface area contributed by atoms with Gasteiger partial charge in [-0.2, -0.15) is 0 Å². The predicted octanol–water partition coefficient (Wildman–Crippen LogP) is 3.52. The average molecular weight is 347 g/mol. The molecule has 1 N–H and O–H groups in total. The van der Waals surface area contributed by atoms with E-state index >= 15 is 0 Å². The van der Waals surface area contributed by atoms with E-state index < -0.39 is 0 Å². The Morgan fingerprint density at radius 3 is 2.88 bits per heavy atom. The highest BCUT2D eigenvalue weighted by Gasteiger charge is 2.26. The molecule has 1 fully saturated rings. The molecule has 1 amide bonds. The summed E-state index contributed by atoms with van der Waals surface area (Å²) in [4.78, 5) is 25.7. The molecule has 0 saturated carbocycles. The zero-order valence-electron chi connectivity index (χ0n) is 14.5. The summed E-state index contributed by atoms with van der Waals surface area (Å²) in [6.07, 6.45) is 6.90. The molecule has 2 aromatic heterocycles. The van der Waals surface area contributed by atoms with E-state index in [4.69, 9.17) is 0 Å². The lowest BCUT2D eigenvalue weighted by Crippen LogP contribution is -2.41. The first-order chi connectivity index (χ1) is 11.7. The van der Waals surface area contributed by atoms with Gasteiger partial charge in [0.25, 0.3) is 0 Å². The third-order valence-corrected chi connectivity index (χ3v) is 5.63. The molecule has 0 unspecified atom stereocenters. The molecule has 0 aromatic carbocycles. The number of carbonyl (C=O) groups excluding carboxylic acids is 1. The van der Waals surface area contributed by atoms with Gasteiger partial charge in [-0.25, -0.2) is 9.97 Å². The molecular formula is C18H26N4OS. The van der Waals surface area contributed by atoms with Crippen molar-refractivity contribution >= 4 is 33.3 Å². The number of fused-ring (bicyclic) bond motifs is 1. The minimum Gasteiger partial charge on any atom is -0.356 e. The van der Waals surface area contributed by atoms with Gasteiger partial charge in [0.05, 0.1) is 5.39 Å². The van der Waals surface area contributed by atoms with Crippen LogP contribution in [0.15, 0.2) is 12.4 Å². The number of thiophene rings is 1. The van der Waals surface area contributed by atoms with Gasteiger partial charge in [0.2, 0.25) is 5.91 Å². The summed E-state index contributed by atoms with van der Waals surface area (Å²) in [6, 6.07) is 2.17. The van der Waals surface area contributed by atoms with E-state index in [2.05, 4.69) is 40.1 Å². The Bertz CT molecular complexity index is 691. The van der Waals surface area contributed by atoms with E-state index in [-0.39, 0.29) is 11.8 Å². The smallest absolute Gasteiger partial charge is 0.223 e. The first kappa shape index (κ1) is 17.1. The minimum atomic E-state index is 0.143. The lowest BCUT2D eigenvalue weighted by atomic mass is 9.95. The summed E-state index contributed by atoms with van der Waals surface area (Å²) in [5.41, 5.74) is 0. The number of aromatic nitrogens is 2. The second kappa shape index (κ2) is 7.92. The molecule has 3 heterocycles. The molecule has 24 heavy (non-hydrogen) atoms. The maximum Gasteiger partial charge on any atom is 0.223 e. The van der Waals surface area contributed by atoms with Crippen molar-refractivity contribution in [3.8, 4) is 0 Å². The number of rotatable bonds is 6. The van der Waals surface area contributed by atoms with Gasteiger partial charge < -0.3 is 10.2 Å². The van der Waals surface area contributed by atoms with Crippen LogP contribution in [0.2, 0.25) is 0 Å². The van der Waals surface area contributed by atoms with E-state index in [0.717, 1.165) is 54.9 Å². The summed E-state index contributed by atoms with van der Waals surface area (Å²) in [5, 5.41) is 4.23. The summed E-state index contributed by atoms with van der Waals surface area (Å²) in [6.45, 7) is 6.86. The normalized spacial score (nSPS) is 15.8. The fraction of sp³-hybridized carbons (Fsp3) is 0.611. The van der Waals surface area contributed by atoms with Crippen LogP contribution >= 0.6 is 11.3 Å². The number of piperidine rings is 1. The molecule has 130 valence electrons. The van der Waals surface area contributed by atoms with Crippen LogP contribution in [0.1, 0.15) is 43.9 Å². The van der Waals surface area contributed by atoms with Crippen molar-refractivity contribution in [1.82, 2.24) is 15.3 Å². The van der Waals surface area contributed by atoms with Gasteiger partial charge in [0.15, 0.2) is 0 Å². The fourth-order valence-corrected chi connectivity index (χ4v) is 4.14. The van der Waals surface area contributed by atoms with Gasteiger partial charge in [0.1, 0.15) is 17.0 Å². The molecule has 6 heteroatoms. The van der Waals surface area contributed by atoms with Crippen molar-refractivity contribution in [3.63, 3.8) is 0 Å². The standard InChI is InChI=1S/C18H26N4OS/c1-3-4-5-8-19-17(23)14-6-9-22(10-7-14)16-15-11-13(2)24-18(15)21-12-20-16/h11-12,14H,3-10H2,1-2H3,(H,19,23). The summed E-state index contributed by atoms with van der Waals surface area (Å²) in [5.74, 6) is 1.39. The van der Waals surface area contributed by atoms with E-state index in [9.17, 15) is 4.79 Å². The Labute approximate surface area is 147 Å². The van der Waals surface area contributed by atoms with Crippen LogP contribution in [0.3, 0.4) is 0 Å². The molecule has 0 aliphatic carbocycles. The first-order valence-electron chi connectivity index (χ1n) is 8.93. The second-order valence-corrected chi connectivity index (χ2v) is 7.77. The monoisotopic (exact) mass is 346 g/mol. The zero-order chi connectivity index (χ0) is 16.9. The third kappa shape index (κ3) is 3.86. The first-order valence-corrected chi connectivity index (χ1v) is 9.74. The molecule has 5 nitrogen and oxygen atoms in total. The number of amides is 1. The van der Waals surface area contributed by atoms with Crippen molar-refractivity contribution in [2.24, 2.45) is 5.92 Å². The Hall–Kier alpha value is -1.69. The van der Waals surface area contributed by atoms with Crippen LogP contribution in [0, 0.1) is 12.8 Å². The molecule has 3 rings (SSSR count). The Kier molecular flexibility index (Phi) is 5.66. The van der Waals surface area contributed by atoms with Crippen LogP contribution in [0.5, 0.6) is 0 Å². The van der Waals surface area contributed by atoms with Gasteiger partial charge in [-0.05, 0) is 32.3 Å². The number of carbonyl (C=O) groups is 1. The van der Waals surface area contributed by atoms with Crippen LogP contribution in [-0.4, -0.2) is 35.5 Å². The number of aryl methyl sites for hydroxylation is 1. The fourth-order valence-electron chi connectivity index (χ4n) is 3.30. The predicted molar refractivity (Wildman–Crippen MR) is 99.6 cm³/mol. The van der Waals surface area contributed by atoms with Crippen LogP contribution in [0.4, 0.5) is 5.82 Å². The number of unbranched alkanes of at least 4 members (excludes halogenated alkanes) is 2. The van der Waals surface area contributed by atoms with Crippen LogP contribution < -0.4 is 10.2 Å². The summed E-state index contributed by atoms with van der Waals surface area (Å²) >= 11 is 1.71. The minimum absolute atomic E-state index is 0.143. The molecule has 1 aliphatic heterocycles. The quantitative estimate of drug-likeness (QED) is 0.813. The molecule has 2 aromatic rings. The Balaban J connectivity index is 1.57. The van der Waals surface area contributed by atoms with Crippen LogP contribution in [0.25, 0.3) is 10.2 Å². The number of anilines is 1. The molecular weight excluding hydrogens is 320 g/mol. The number of hydrogen-bond acceptors (Lipinski definition) is 5. The highest BCUT2D eigenvalue weighted by atomic mass is 32.1. The van der Waals surface area contributed by atoms with Crippen molar-refractivity contribution in [1.29, 1.82) is 0 Å². The SMILES string of the molecule is CCCCCNC(=O)C1CCN(c2ncnc3sc(C)cc23)CC1. The number of nitrogens with one attached hydrogen (secondary N) is 1. The van der Waals surface area contributed by atoms with Gasteiger partial charge in [-0.15, -0.1) is 11.3 Å². The van der Waals surface area contributed by atoms with Crippen molar-refractivity contribution in [2.75, 3.05) is 24.5 Å². The third-order valence-electron chi connectivity index (χ3n) is 4.68. The topological polar surface area (TPSA) is 58.1 Å². The highest BCUT2D eigenvalue weighted by Crippen LogP contribution is 2.31. The van der Waals surface area contributed by atoms with E-state index in [1.165, 1.54) is 17.7 Å². The van der Waals surface area contributed by atoms with Gasteiger partial charge in [-0.3, -0.25) is 4.79 Å². The number of hydrogen-bond donors (Lipinski definition) is 1. The van der Waals surface area contributed by atoms with Gasteiger partial charge in [0, 0.05) is 30.4 Å². The summed E-state index contributed by atoms with van der Waals surface area (Å²) in [7, 11) is 0. The van der Waals surface area contributed by atoms with Gasteiger partial charge in [-0.1, -0.05) is 19.8 Å². The van der Waals surface area contributed by atoms with Crippen LogP contribution in [-0.2, 0) is 4.79 Å². The summed E-state index contributed by atoms with van der Waals surface area (Å²) < 4.78 is 0. The van der Waals surface area contributed by atoms with Gasteiger partial charge >= 0.3 is 0 Å². The zero-order valence-corrected chi connectivity index (χ0v) is 15.4. The highest BCUT2D eigenvalue weighted by molar-refractivity contribution is 7.18. The Morgan fingerprint density at radius 1 is 1.33 bits per heavy atom. The lowest BCUT2D eigenvalue weighted by Gasteiger charge is -2.32. The maximum atomic E-state index is 12.3. The van der Waals surface area contributed by atoms with Crippen molar-refractivity contribution in [3.05, 3.63) is 17.3 Å². The van der Waals surface area contributed by atoms with E-state index in [1.807, 2.05) is 0 Å². The van der Waals surface area contributed by atoms with Crippen molar-refractivity contribution in [2.45, 2.75) is 46.0 Å². The molecule has 1 saturated heterocycles. The maximum absolute atomic E-state index is 12.3. The average Bonchev–Trinajstić information content (AvgIpc) is 2.99. The molecule has 1 aliphatic rings. The molecule has 0 bridgehead atoms. The number of nitrogens with zero attached hydrogens (tertiary/aromatic N) is 3. The van der Waals surface area contributed by atoms with E-state index in [1.54, 1.807) is 17.7 Å². The second-order valence-electron chi connectivity index (χ2n) is 6.53. The van der Waals surface area contributed by atoms with Crippen molar-refractivity contribution < 1.29 is 4.79 Å². The largest absolute Gasteiger partial charge is 0.356 e. The lowest BCUT2D eigenvalue weighted by molar-refractivity contribution is -0.125. The van der Waals surface area contributed by atoms with E-state index in [0.29, 0.717) is 0 Å².